The average molecular weight is 299 g/mol. The molecule has 0 aliphatic carbocycles. The zero-order chi connectivity index (χ0) is 14.3. The van der Waals surface area contributed by atoms with E-state index in [-0.39, 0.29) is 6.61 Å². The first kappa shape index (κ1) is 15.5. The van der Waals surface area contributed by atoms with E-state index in [0.717, 1.165) is 0 Å². The van der Waals surface area contributed by atoms with Gasteiger partial charge in [0, 0.05) is 16.7 Å². The first-order chi connectivity index (χ1) is 9.08. The van der Waals surface area contributed by atoms with Gasteiger partial charge in [0.05, 0.1) is 23.4 Å². The lowest BCUT2D eigenvalue weighted by molar-refractivity contribution is -0.0999. The van der Waals surface area contributed by atoms with Crippen molar-refractivity contribution in [2.75, 3.05) is 6.61 Å². The number of hydrogen-bond donors (Lipinski definition) is 2. The molecule has 0 aromatic heterocycles. The van der Waals surface area contributed by atoms with E-state index in [9.17, 15) is 5.11 Å². The normalized spacial score (nSPS) is 12.6. The van der Waals surface area contributed by atoms with Gasteiger partial charge in [-0.3, -0.25) is 0 Å². The molecule has 0 saturated carbocycles. The number of benzene rings is 1. The van der Waals surface area contributed by atoms with Crippen molar-refractivity contribution < 1.29 is 9.84 Å². The highest BCUT2D eigenvalue weighted by Gasteiger charge is 2.11. The zero-order valence-electron chi connectivity index (χ0n) is 9.94. The fourth-order valence-corrected chi connectivity index (χ4v) is 1.81. The van der Waals surface area contributed by atoms with E-state index >= 15 is 0 Å². The molecule has 0 saturated heterocycles. The maximum atomic E-state index is 9.58. The van der Waals surface area contributed by atoms with Crippen LogP contribution in [-0.4, -0.2) is 18.1 Å². The SMILES string of the molecule is C=CCOC(O)N/C(=C\C#N)c1ccc(Cl)cc1Cl. The van der Waals surface area contributed by atoms with Crippen LogP contribution < -0.4 is 5.32 Å². The topological polar surface area (TPSA) is 65.3 Å². The van der Waals surface area contributed by atoms with Crippen LogP contribution in [0.4, 0.5) is 0 Å². The Kier molecular flexibility index (Phi) is 6.40. The van der Waals surface area contributed by atoms with Gasteiger partial charge in [0.25, 0.3) is 0 Å². The van der Waals surface area contributed by atoms with E-state index < -0.39 is 6.41 Å². The van der Waals surface area contributed by atoms with Crippen LogP contribution in [0.2, 0.25) is 10.0 Å². The molecule has 100 valence electrons. The second kappa shape index (κ2) is 7.82. The highest BCUT2D eigenvalue weighted by molar-refractivity contribution is 6.35. The maximum absolute atomic E-state index is 9.58. The Bertz CT molecular complexity index is 524. The lowest BCUT2D eigenvalue weighted by atomic mass is 10.1. The van der Waals surface area contributed by atoms with Gasteiger partial charge in [0.15, 0.2) is 0 Å². The molecule has 1 aromatic rings. The van der Waals surface area contributed by atoms with Crippen molar-refractivity contribution in [2.45, 2.75) is 6.41 Å². The van der Waals surface area contributed by atoms with Crippen molar-refractivity contribution in [1.82, 2.24) is 5.32 Å². The number of nitrogens with zero attached hydrogens (tertiary/aromatic N) is 1. The van der Waals surface area contributed by atoms with E-state index in [1.807, 2.05) is 6.07 Å². The van der Waals surface area contributed by atoms with Crippen LogP contribution in [-0.2, 0) is 4.74 Å². The fourth-order valence-electron chi connectivity index (χ4n) is 1.30. The third-order valence-corrected chi connectivity index (χ3v) is 2.63. The van der Waals surface area contributed by atoms with Gasteiger partial charge in [-0.1, -0.05) is 29.3 Å². The lowest BCUT2D eigenvalue weighted by Crippen LogP contribution is -2.30. The van der Waals surface area contributed by atoms with Crippen LogP contribution in [0.25, 0.3) is 5.70 Å². The van der Waals surface area contributed by atoms with Gasteiger partial charge in [-0.05, 0) is 18.2 Å². The molecule has 0 aliphatic heterocycles. The van der Waals surface area contributed by atoms with Crippen molar-refractivity contribution in [3.63, 3.8) is 0 Å². The predicted molar refractivity (Wildman–Crippen MR) is 75.3 cm³/mol. The van der Waals surface area contributed by atoms with Gasteiger partial charge in [0.1, 0.15) is 0 Å². The molecule has 6 heteroatoms. The molecule has 0 heterocycles. The molecular weight excluding hydrogens is 287 g/mol. The van der Waals surface area contributed by atoms with Gasteiger partial charge < -0.3 is 15.2 Å². The van der Waals surface area contributed by atoms with Crippen LogP contribution >= 0.6 is 23.2 Å². The summed E-state index contributed by atoms with van der Waals surface area (Å²) >= 11 is 11.8. The van der Waals surface area contributed by atoms with Gasteiger partial charge in [-0.25, -0.2) is 0 Å². The molecule has 4 nitrogen and oxygen atoms in total. The summed E-state index contributed by atoms with van der Waals surface area (Å²) in [7, 11) is 0. The van der Waals surface area contributed by atoms with Crippen molar-refractivity contribution >= 4 is 28.9 Å². The van der Waals surface area contributed by atoms with E-state index in [1.165, 1.54) is 12.2 Å². The molecule has 0 aliphatic rings. The van der Waals surface area contributed by atoms with E-state index in [2.05, 4.69) is 11.9 Å². The maximum Gasteiger partial charge on any atom is 0.235 e. The second-order valence-electron chi connectivity index (χ2n) is 3.43. The minimum absolute atomic E-state index is 0.169. The first-order valence-corrected chi connectivity index (χ1v) is 6.06. The van der Waals surface area contributed by atoms with E-state index in [4.69, 9.17) is 33.2 Å². The Balaban J connectivity index is 2.92. The quantitative estimate of drug-likeness (QED) is 0.481. The Morgan fingerprint density at radius 1 is 1.58 bits per heavy atom. The fraction of sp³-hybridized carbons (Fsp3) is 0.154. The molecular formula is C13H12Cl2N2O2. The minimum atomic E-state index is -1.27. The summed E-state index contributed by atoms with van der Waals surface area (Å²) in [5.41, 5.74) is 0.870. The van der Waals surface area contributed by atoms with Crippen molar-refractivity contribution in [1.29, 1.82) is 5.26 Å². The van der Waals surface area contributed by atoms with E-state index in [1.54, 1.807) is 18.2 Å². The average Bonchev–Trinajstić information content (AvgIpc) is 2.36. The predicted octanol–water partition coefficient (Wildman–Crippen LogP) is 2.93. The molecule has 2 N–H and O–H groups in total. The number of allylic oxidation sites excluding steroid dienone is 1. The summed E-state index contributed by atoms with van der Waals surface area (Å²) in [6.45, 7) is 3.63. The van der Waals surface area contributed by atoms with Gasteiger partial charge in [0.2, 0.25) is 6.41 Å². The minimum Gasteiger partial charge on any atom is -0.351 e. The molecule has 0 spiro atoms. The largest absolute Gasteiger partial charge is 0.351 e. The number of nitriles is 1. The molecule has 19 heavy (non-hydrogen) atoms. The molecule has 1 aromatic carbocycles. The van der Waals surface area contributed by atoms with Crippen LogP contribution in [0.15, 0.2) is 36.9 Å². The second-order valence-corrected chi connectivity index (χ2v) is 4.27. The first-order valence-electron chi connectivity index (χ1n) is 5.30. The Hall–Kier alpha value is -1.51. The Morgan fingerprint density at radius 3 is 2.89 bits per heavy atom. The smallest absolute Gasteiger partial charge is 0.235 e. The number of hydrogen-bond acceptors (Lipinski definition) is 4. The monoisotopic (exact) mass is 298 g/mol. The summed E-state index contributed by atoms with van der Waals surface area (Å²) in [5.74, 6) is 0. The number of rotatable bonds is 6. The zero-order valence-corrected chi connectivity index (χ0v) is 11.4. The summed E-state index contributed by atoms with van der Waals surface area (Å²) < 4.78 is 4.96. The van der Waals surface area contributed by atoms with Gasteiger partial charge >= 0.3 is 0 Å². The van der Waals surface area contributed by atoms with Crippen LogP contribution in [0, 0.1) is 11.3 Å². The van der Waals surface area contributed by atoms with Crippen LogP contribution in [0.3, 0.4) is 0 Å². The molecule has 0 fully saturated rings. The number of ether oxygens (including phenoxy) is 1. The van der Waals surface area contributed by atoms with Crippen molar-refractivity contribution in [3.05, 3.63) is 52.5 Å². The van der Waals surface area contributed by atoms with Crippen LogP contribution in [0.5, 0.6) is 0 Å². The molecule has 1 rings (SSSR count). The number of aliphatic hydroxyl groups excluding tert-OH is 1. The number of nitrogens with one attached hydrogen (secondary N) is 1. The lowest BCUT2D eigenvalue weighted by Gasteiger charge is -2.17. The molecule has 1 unspecified atom stereocenters. The standard InChI is InChI=1S/C13H12Cl2N2O2/c1-2-7-19-13(18)17-12(5-6-16)10-4-3-9(14)8-11(10)15/h2-5,8,13,17-18H,1,7H2/b12-5-. The number of aliphatic hydroxyl groups is 1. The summed E-state index contributed by atoms with van der Waals surface area (Å²) in [6.07, 6.45) is 1.44. The van der Waals surface area contributed by atoms with Crippen molar-refractivity contribution in [2.24, 2.45) is 0 Å². The highest BCUT2D eigenvalue weighted by atomic mass is 35.5. The Labute approximate surface area is 121 Å². The third-order valence-electron chi connectivity index (χ3n) is 2.08. The molecule has 0 radical (unpaired) electrons. The highest BCUT2D eigenvalue weighted by Crippen LogP contribution is 2.25. The van der Waals surface area contributed by atoms with Crippen molar-refractivity contribution in [3.8, 4) is 6.07 Å². The third kappa shape index (κ3) is 4.93. The summed E-state index contributed by atoms with van der Waals surface area (Å²) in [6, 6.07) is 6.68. The van der Waals surface area contributed by atoms with Gasteiger partial charge in [-0.2, -0.15) is 5.26 Å². The van der Waals surface area contributed by atoms with E-state index in [0.29, 0.717) is 21.3 Å². The summed E-state index contributed by atoms with van der Waals surface area (Å²) in [5, 5.41) is 21.8. The number of halogens is 2. The molecule has 0 amide bonds. The van der Waals surface area contributed by atoms with Crippen LogP contribution in [0.1, 0.15) is 5.56 Å². The molecule has 0 bridgehead atoms. The Morgan fingerprint density at radius 2 is 2.32 bits per heavy atom. The summed E-state index contributed by atoms with van der Waals surface area (Å²) in [4.78, 5) is 0. The van der Waals surface area contributed by atoms with Gasteiger partial charge in [-0.15, -0.1) is 6.58 Å². The molecule has 1 atom stereocenters.